The van der Waals surface area contributed by atoms with Crippen molar-refractivity contribution in [3.8, 4) is 5.75 Å². The molecule has 0 radical (unpaired) electrons. The molecule has 1 aromatic rings. The summed E-state index contributed by atoms with van der Waals surface area (Å²) in [6.07, 6.45) is 1.12. The minimum absolute atomic E-state index is 0.0401. The first-order valence-corrected chi connectivity index (χ1v) is 9.31. The van der Waals surface area contributed by atoms with Crippen LogP contribution in [0.5, 0.6) is 5.75 Å². The van der Waals surface area contributed by atoms with Gasteiger partial charge in [0.2, 0.25) is 0 Å². The van der Waals surface area contributed by atoms with Gasteiger partial charge in [-0.05, 0) is 18.1 Å². The minimum Gasteiger partial charge on any atom is -0.491 e. The second-order valence-corrected chi connectivity index (χ2v) is 6.02. The lowest BCUT2D eigenvalue weighted by Gasteiger charge is -2.10. The van der Waals surface area contributed by atoms with Gasteiger partial charge in [0.15, 0.2) is 0 Å². The molecular weight excluding hydrogens is 354 g/mol. The summed E-state index contributed by atoms with van der Waals surface area (Å²) in [5.74, 6) is 1.17. The molecule has 0 N–H and O–H groups in total. The van der Waals surface area contributed by atoms with Gasteiger partial charge in [-0.1, -0.05) is 20.3 Å². The zero-order valence-corrected chi connectivity index (χ0v) is 16.3. The Labute approximate surface area is 160 Å². The highest BCUT2D eigenvalue weighted by Crippen LogP contribution is 2.16. The number of benzene rings is 1. The van der Waals surface area contributed by atoms with Crippen molar-refractivity contribution in [2.45, 2.75) is 20.3 Å². The van der Waals surface area contributed by atoms with Crippen LogP contribution in [0, 0.1) is 16.0 Å². The first-order chi connectivity index (χ1) is 13.1. The number of hydrogen-bond donors (Lipinski definition) is 0. The van der Waals surface area contributed by atoms with E-state index < -0.39 is 4.92 Å². The molecule has 1 atom stereocenters. The molecule has 0 aliphatic carbocycles. The third-order valence-corrected chi connectivity index (χ3v) is 3.76. The fourth-order valence-corrected chi connectivity index (χ4v) is 1.94. The van der Waals surface area contributed by atoms with Crippen LogP contribution in [0.2, 0.25) is 0 Å². The average molecular weight is 385 g/mol. The van der Waals surface area contributed by atoms with Crippen molar-refractivity contribution in [2.75, 3.05) is 59.5 Å². The summed E-state index contributed by atoms with van der Waals surface area (Å²) in [6.45, 7) is 9.11. The van der Waals surface area contributed by atoms with Crippen LogP contribution >= 0.6 is 0 Å². The molecule has 0 amide bonds. The zero-order chi connectivity index (χ0) is 19.7. The number of nitrogens with zero attached hydrogens (tertiary/aromatic N) is 1. The van der Waals surface area contributed by atoms with E-state index >= 15 is 0 Å². The predicted octanol–water partition coefficient (Wildman–Crippen LogP) is 3.09. The summed E-state index contributed by atoms with van der Waals surface area (Å²) < 4.78 is 27.1. The maximum absolute atomic E-state index is 10.5. The van der Waals surface area contributed by atoms with Crippen LogP contribution in [-0.4, -0.2) is 64.4 Å². The van der Waals surface area contributed by atoms with E-state index in [0.29, 0.717) is 64.5 Å². The predicted molar refractivity (Wildman–Crippen MR) is 101 cm³/mol. The van der Waals surface area contributed by atoms with E-state index in [1.54, 1.807) is 12.1 Å². The topological polar surface area (TPSA) is 89.3 Å². The first-order valence-electron chi connectivity index (χ1n) is 9.31. The smallest absolute Gasteiger partial charge is 0.269 e. The van der Waals surface area contributed by atoms with Crippen molar-refractivity contribution in [1.82, 2.24) is 0 Å². The molecule has 8 nitrogen and oxygen atoms in total. The van der Waals surface area contributed by atoms with Gasteiger partial charge in [0.05, 0.1) is 51.2 Å². The Kier molecular flexibility index (Phi) is 13.2. The SMILES string of the molecule is CCC(C)COCCOCCOCCOCCOc1ccc([N+](=O)[O-])cc1. The van der Waals surface area contributed by atoms with Crippen molar-refractivity contribution in [3.63, 3.8) is 0 Å². The molecule has 1 aromatic carbocycles. The Balaban J connectivity index is 1.83. The summed E-state index contributed by atoms with van der Waals surface area (Å²) in [5.41, 5.74) is 0.0401. The monoisotopic (exact) mass is 385 g/mol. The lowest BCUT2D eigenvalue weighted by molar-refractivity contribution is -0.384. The van der Waals surface area contributed by atoms with Gasteiger partial charge in [0, 0.05) is 18.7 Å². The standard InChI is InChI=1S/C19H31NO7/c1-3-17(2)16-26-13-12-24-9-8-23-10-11-25-14-15-27-19-6-4-18(5-7-19)20(21)22/h4-7,17H,3,8-16H2,1-2H3. The highest BCUT2D eigenvalue weighted by molar-refractivity contribution is 5.35. The van der Waals surface area contributed by atoms with Crippen molar-refractivity contribution >= 4 is 5.69 Å². The first kappa shape index (κ1) is 23.3. The van der Waals surface area contributed by atoms with Crippen LogP contribution < -0.4 is 4.74 Å². The van der Waals surface area contributed by atoms with Gasteiger partial charge in [-0.2, -0.15) is 0 Å². The van der Waals surface area contributed by atoms with Gasteiger partial charge in [0.1, 0.15) is 12.4 Å². The molecule has 0 aliphatic heterocycles. The van der Waals surface area contributed by atoms with Gasteiger partial charge in [0.25, 0.3) is 5.69 Å². The Morgan fingerprint density at radius 1 is 0.852 bits per heavy atom. The molecule has 27 heavy (non-hydrogen) atoms. The molecule has 154 valence electrons. The Bertz CT molecular complexity index is 495. The Hall–Kier alpha value is -1.74. The molecule has 0 fully saturated rings. The van der Waals surface area contributed by atoms with Gasteiger partial charge in [-0.15, -0.1) is 0 Å². The fourth-order valence-electron chi connectivity index (χ4n) is 1.94. The zero-order valence-electron chi connectivity index (χ0n) is 16.3. The quantitative estimate of drug-likeness (QED) is 0.231. The van der Waals surface area contributed by atoms with E-state index in [1.807, 2.05) is 0 Å². The molecular formula is C19H31NO7. The molecule has 0 spiro atoms. The summed E-state index contributed by atoms with van der Waals surface area (Å²) in [5, 5.41) is 10.5. The van der Waals surface area contributed by atoms with Gasteiger partial charge in [-0.3, -0.25) is 10.1 Å². The number of hydrogen-bond acceptors (Lipinski definition) is 7. The van der Waals surface area contributed by atoms with E-state index in [9.17, 15) is 10.1 Å². The second-order valence-electron chi connectivity index (χ2n) is 6.02. The highest BCUT2D eigenvalue weighted by atomic mass is 16.6. The van der Waals surface area contributed by atoms with Crippen molar-refractivity contribution in [1.29, 1.82) is 0 Å². The number of nitro groups is 1. The van der Waals surface area contributed by atoms with E-state index in [-0.39, 0.29) is 5.69 Å². The van der Waals surface area contributed by atoms with Crippen molar-refractivity contribution < 1.29 is 28.6 Å². The molecule has 0 saturated heterocycles. The third kappa shape index (κ3) is 12.3. The minimum atomic E-state index is -0.445. The van der Waals surface area contributed by atoms with Gasteiger partial charge < -0.3 is 23.7 Å². The van der Waals surface area contributed by atoms with E-state index in [4.69, 9.17) is 23.7 Å². The molecule has 0 saturated carbocycles. The molecule has 0 heterocycles. The van der Waals surface area contributed by atoms with Crippen LogP contribution in [0.3, 0.4) is 0 Å². The number of ether oxygens (including phenoxy) is 5. The van der Waals surface area contributed by atoms with E-state index in [2.05, 4.69) is 13.8 Å². The maximum atomic E-state index is 10.5. The summed E-state index contributed by atoms with van der Waals surface area (Å²) in [6, 6.07) is 5.95. The Morgan fingerprint density at radius 3 is 1.81 bits per heavy atom. The molecule has 0 bridgehead atoms. The molecule has 0 aliphatic rings. The molecule has 1 unspecified atom stereocenters. The average Bonchev–Trinajstić information content (AvgIpc) is 2.68. The van der Waals surface area contributed by atoms with Crippen molar-refractivity contribution in [2.24, 2.45) is 5.92 Å². The molecule has 8 heteroatoms. The summed E-state index contributed by atoms with van der Waals surface area (Å²) in [7, 11) is 0. The van der Waals surface area contributed by atoms with Crippen LogP contribution in [0.15, 0.2) is 24.3 Å². The maximum Gasteiger partial charge on any atom is 0.269 e. The van der Waals surface area contributed by atoms with E-state index in [0.717, 1.165) is 13.0 Å². The van der Waals surface area contributed by atoms with Crippen LogP contribution in [-0.2, 0) is 18.9 Å². The Morgan fingerprint density at radius 2 is 1.33 bits per heavy atom. The fraction of sp³-hybridized carbons (Fsp3) is 0.684. The van der Waals surface area contributed by atoms with Gasteiger partial charge in [-0.25, -0.2) is 0 Å². The normalized spacial score (nSPS) is 12.1. The number of rotatable bonds is 17. The number of non-ortho nitro benzene ring substituents is 1. The lowest BCUT2D eigenvalue weighted by atomic mass is 10.1. The molecule has 0 aromatic heterocycles. The van der Waals surface area contributed by atoms with Gasteiger partial charge >= 0.3 is 0 Å². The highest BCUT2D eigenvalue weighted by Gasteiger charge is 2.04. The van der Waals surface area contributed by atoms with Crippen LogP contribution in [0.4, 0.5) is 5.69 Å². The van der Waals surface area contributed by atoms with Crippen LogP contribution in [0.1, 0.15) is 20.3 Å². The third-order valence-electron chi connectivity index (χ3n) is 3.76. The van der Waals surface area contributed by atoms with Crippen LogP contribution in [0.25, 0.3) is 0 Å². The largest absolute Gasteiger partial charge is 0.491 e. The van der Waals surface area contributed by atoms with Crippen molar-refractivity contribution in [3.05, 3.63) is 34.4 Å². The number of nitro benzene ring substituents is 1. The molecule has 1 rings (SSSR count). The van der Waals surface area contributed by atoms with E-state index in [1.165, 1.54) is 12.1 Å². The summed E-state index contributed by atoms with van der Waals surface area (Å²) >= 11 is 0. The summed E-state index contributed by atoms with van der Waals surface area (Å²) in [4.78, 5) is 10.1. The second kappa shape index (κ2) is 15.3. The lowest BCUT2D eigenvalue weighted by Crippen LogP contribution is -2.14.